The molecule has 1 aromatic heterocycles. The summed E-state index contributed by atoms with van der Waals surface area (Å²) in [6.07, 6.45) is 7.61. The molecule has 4 rings (SSSR count). The summed E-state index contributed by atoms with van der Waals surface area (Å²) in [6, 6.07) is 11.6. The van der Waals surface area contributed by atoms with E-state index in [1.165, 1.54) is 24.8 Å². The fraction of sp³-hybridized carbons (Fsp3) is 0.500. The molecule has 0 spiro atoms. The molecule has 4 nitrogen and oxygen atoms in total. The largest absolute Gasteiger partial charge is 0.347 e. The molecule has 116 valence electrons. The minimum Gasteiger partial charge on any atom is -0.347 e. The Balaban J connectivity index is 1.20. The zero-order chi connectivity index (χ0) is 14.8. The van der Waals surface area contributed by atoms with Crippen molar-refractivity contribution < 1.29 is 0 Å². The van der Waals surface area contributed by atoms with Crippen molar-refractivity contribution in [2.75, 3.05) is 13.1 Å². The van der Waals surface area contributed by atoms with Gasteiger partial charge in [-0.1, -0.05) is 30.3 Å². The molecule has 2 aliphatic rings. The fourth-order valence-electron chi connectivity index (χ4n) is 3.27. The summed E-state index contributed by atoms with van der Waals surface area (Å²) < 4.78 is 0. The predicted octanol–water partition coefficient (Wildman–Crippen LogP) is 2.43. The van der Waals surface area contributed by atoms with Gasteiger partial charge in [0.1, 0.15) is 0 Å². The summed E-state index contributed by atoms with van der Waals surface area (Å²) in [5, 5.41) is 7.36. The first-order valence-electron chi connectivity index (χ1n) is 8.31. The normalized spacial score (nSPS) is 25.1. The zero-order valence-corrected chi connectivity index (χ0v) is 12.9. The van der Waals surface area contributed by atoms with E-state index < -0.39 is 0 Å². The fourth-order valence-corrected chi connectivity index (χ4v) is 3.27. The van der Waals surface area contributed by atoms with Crippen LogP contribution in [0.25, 0.3) is 0 Å². The number of hydrogen-bond donors (Lipinski definition) is 3. The molecular formula is C18H24N4. The standard InChI is InChI=1S/C18H24N4/c1-2-4-14(5-3-1)16-8-17(16)21-12-18(6-7-18)11-19-9-15-10-20-13-22-15/h1-5,10,13,16-17,19,21H,6-9,11-12H2,(H,20,22)/t16-,17+/m1/s1. The molecular weight excluding hydrogens is 272 g/mol. The van der Waals surface area contributed by atoms with Crippen LogP contribution in [-0.4, -0.2) is 29.1 Å². The monoisotopic (exact) mass is 296 g/mol. The Morgan fingerprint density at radius 1 is 1.18 bits per heavy atom. The second-order valence-corrected chi connectivity index (χ2v) is 6.92. The van der Waals surface area contributed by atoms with Crippen LogP contribution in [0.15, 0.2) is 42.9 Å². The molecule has 2 aromatic rings. The average molecular weight is 296 g/mol. The van der Waals surface area contributed by atoms with Gasteiger partial charge in [0, 0.05) is 43.5 Å². The van der Waals surface area contributed by atoms with Gasteiger partial charge in [0.25, 0.3) is 0 Å². The van der Waals surface area contributed by atoms with Gasteiger partial charge in [0.2, 0.25) is 0 Å². The molecule has 2 fully saturated rings. The van der Waals surface area contributed by atoms with Crippen LogP contribution in [0.5, 0.6) is 0 Å². The lowest BCUT2D eigenvalue weighted by Crippen LogP contribution is -2.34. The highest BCUT2D eigenvalue weighted by atomic mass is 15.0. The molecule has 2 atom stereocenters. The second kappa shape index (κ2) is 5.86. The van der Waals surface area contributed by atoms with Crippen molar-refractivity contribution in [3.63, 3.8) is 0 Å². The Hall–Kier alpha value is -1.65. The van der Waals surface area contributed by atoms with E-state index in [0.717, 1.165) is 31.2 Å². The molecule has 2 saturated carbocycles. The molecule has 0 saturated heterocycles. The van der Waals surface area contributed by atoms with Crippen molar-refractivity contribution in [3.05, 3.63) is 54.1 Å². The summed E-state index contributed by atoms with van der Waals surface area (Å²) >= 11 is 0. The number of rotatable bonds is 8. The van der Waals surface area contributed by atoms with E-state index in [2.05, 4.69) is 50.9 Å². The molecule has 22 heavy (non-hydrogen) atoms. The van der Waals surface area contributed by atoms with E-state index in [9.17, 15) is 0 Å². The third kappa shape index (κ3) is 3.23. The van der Waals surface area contributed by atoms with Gasteiger partial charge < -0.3 is 15.6 Å². The smallest absolute Gasteiger partial charge is 0.0922 e. The van der Waals surface area contributed by atoms with Gasteiger partial charge in [-0.3, -0.25) is 0 Å². The summed E-state index contributed by atoms with van der Waals surface area (Å²) in [5.74, 6) is 0.731. The van der Waals surface area contributed by atoms with Gasteiger partial charge >= 0.3 is 0 Å². The number of aromatic nitrogens is 2. The molecule has 0 amide bonds. The Morgan fingerprint density at radius 2 is 2.05 bits per heavy atom. The molecule has 1 heterocycles. The minimum absolute atomic E-state index is 0.490. The van der Waals surface area contributed by atoms with Crippen LogP contribution < -0.4 is 10.6 Å². The lowest BCUT2D eigenvalue weighted by Gasteiger charge is -2.17. The topological polar surface area (TPSA) is 52.7 Å². The van der Waals surface area contributed by atoms with Crippen molar-refractivity contribution in [2.45, 2.75) is 37.8 Å². The third-order valence-corrected chi connectivity index (χ3v) is 5.08. The first kappa shape index (κ1) is 14.0. The van der Waals surface area contributed by atoms with Crippen molar-refractivity contribution in [1.29, 1.82) is 0 Å². The van der Waals surface area contributed by atoms with Crippen molar-refractivity contribution in [3.8, 4) is 0 Å². The van der Waals surface area contributed by atoms with E-state index in [4.69, 9.17) is 0 Å². The lowest BCUT2D eigenvalue weighted by molar-refractivity contribution is 0.419. The molecule has 0 bridgehead atoms. The molecule has 0 aliphatic heterocycles. The molecule has 1 aromatic carbocycles. The first-order chi connectivity index (χ1) is 10.8. The van der Waals surface area contributed by atoms with Crippen molar-refractivity contribution in [1.82, 2.24) is 20.6 Å². The van der Waals surface area contributed by atoms with E-state index >= 15 is 0 Å². The van der Waals surface area contributed by atoms with Crippen LogP contribution in [0.3, 0.4) is 0 Å². The van der Waals surface area contributed by atoms with Crippen LogP contribution >= 0.6 is 0 Å². The zero-order valence-electron chi connectivity index (χ0n) is 12.9. The predicted molar refractivity (Wildman–Crippen MR) is 87.6 cm³/mol. The number of hydrogen-bond acceptors (Lipinski definition) is 3. The summed E-state index contributed by atoms with van der Waals surface area (Å²) in [5.41, 5.74) is 3.14. The summed E-state index contributed by atoms with van der Waals surface area (Å²) in [6.45, 7) is 3.14. The number of aromatic amines is 1. The van der Waals surface area contributed by atoms with E-state index in [1.807, 2.05) is 6.20 Å². The third-order valence-electron chi connectivity index (χ3n) is 5.08. The summed E-state index contributed by atoms with van der Waals surface area (Å²) in [4.78, 5) is 7.19. The van der Waals surface area contributed by atoms with Crippen LogP contribution in [0.4, 0.5) is 0 Å². The minimum atomic E-state index is 0.490. The van der Waals surface area contributed by atoms with Crippen LogP contribution in [0.1, 0.15) is 36.4 Å². The van der Waals surface area contributed by atoms with Crippen molar-refractivity contribution in [2.24, 2.45) is 5.41 Å². The summed E-state index contributed by atoms with van der Waals surface area (Å²) in [7, 11) is 0. The molecule has 0 unspecified atom stereocenters. The maximum Gasteiger partial charge on any atom is 0.0922 e. The Labute approximate surface area is 131 Å². The highest BCUT2D eigenvalue weighted by molar-refractivity contribution is 5.27. The number of benzene rings is 1. The van der Waals surface area contributed by atoms with Crippen molar-refractivity contribution >= 4 is 0 Å². The average Bonchev–Trinajstić information content (AvgIpc) is 3.45. The number of imidazole rings is 1. The molecule has 4 heteroatoms. The number of nitrogens with one attached hydrogen (secondary N) is 3. The quantitative estimate of drug-likeness (QED) is 0.701. The Kier molecular flexibility index (Phi) is 3.72. The SMILES string of the molecule is c1ccc([C@H]2C[C@@H]2NCC2(CNCc3cnc[nH]3)CC2)cc1. The van der Waals surface area contributed by atoms with Gasteiger partial charge in [0.05, 0.1) is 6.33 Å². The Morgan fingerprint density at radius 3 is 2.77 bits per heavy atom. The lowest BCUT2D eigenvalue weighted by atomic mass is 10.1. The van der Waals surface area contributed by atoms with Gasteiger partial charge in [0.15, 0.2) is 0 Å². The maximum absolute atomic E-state index is 4.05. The molecule has 2 aliphatic carbocycles. The van der Waals surface area contributed by atoms with Gasteiger partial charge in [-0.15, -0.1) is 0 Å². The van der Waals surface area contributed by atoms with Crippen LogP contribution in [-0.2, 0) is 6.54 Å². The van der Waals surface area contributed by atoms with E-state index in [0.29, 0.717) is 11.5 Å². The molecule has 0 radical (unpaired) electrons. The van der Waals surface area contributed by atoms with Crippen LogP contribution in [0.2, 0.25) is 0 Å². The maximum atomic E-state index is 4.05. The van der Waals surface area contributed by atoms with Gasteiger partial charge in [-0.05, 0) is 30.2 Å². The number of nitrogens with zero attached hydrogens (tertiary/aromatic N) is 1. The van der Waals surface area contributed by atoms with E-state index in [1.54, 1.807) is 6.33 Å². The highest BCUT2D eigenvalue weighted by Crippen LogP contribution is 2.46. The van der Waals surface area contributed by atoms with Crippen LogP contribution in [0, 0.1) is 5.41 Å². The molecule has 3 N–H and O–H groups in total. The number of H-pyrrole nitrogens is 1. The first-order valence-corrected chi connectivity index (χ1v) is 8.31. The Bertz CT molecular complexity index is 589. The van der Waals surface area contributed by atoms with Gasteiger partial charge in [-0.25, -0.2) is 4.98 Å². The highest BCUT2D eigenvalue weighted by Gasteiger charge is 2.45. The van der Waals surface area contributed by atoms with Gasteiger partial charge in [-0.2, -0.15) is 0 Å². The van der Waals surface area contributed by atoms with E-state index in [-0.39, 0.29) is 0 Å². The second-order valence-electron chi connectivity index (χ2n) is 6.92.